The Morgan fingerprint density at radius 2 is 1.86 bits per heavy atom. The van der Waals surface area contributed by atoms with Crippen molar-refractivity contribution < 1.29 is 9.53 Å². The van der Waals surface area contributed by atoms with Gasteiger partial charge in [-0.25, -0.2) is 4.79 Å². The summed E-state index contributed by atoms with van der Waals surface area (Å²) in [5.41, 5.74) is 1.48. The van der Waals surface area contributed by atoms with Gasteiger partial charge in [0.2, 0.25) is 0 Å². The van der Waals surface area contributed by atoms with E-state index < -0.39 is 6.09 Å². The molecule has 1 heterocycles. The molecular weight excluding hydrogens is 309 g/mol. The number of rotatable bonds is 2. The first kappa shape index (κ1) is 14.0. The molecule has 0 N–H and O–H groups in total. The van der Waals surface area contributed by atoms with Gasteiger partial charge in [0.15, 0.2) is 0 Å². The zero-order valence-electron chi connectivity index (χ0n) is 10.9. The second kappa shape index (κ2) is 5.80. The normalized spacial score (nSPS) is 10.8. The Morgan fingerprint density at radius 1 is 1.05 bits per heavy atom. The number of aromatic nitrogens is 1. The minimum absolute atomic E-state index is 0.0741. The molecule has 0 unspecified atom stereocenters. The highest BCUT2D eigenvalue weighted by atomic mass is 35.5. The van der Waals surface area contributed by atoms with Gasteiger partial charge in [0.05, 0.1) is 15.6 Å². The van der Waals surface area contributed by atoms with Crippen molar-refractivity contribution in [2.24, 2.45) is 0 Å². The Labute approximate surface area is 131 Å². The van der Waals surface area contributed by atoms with Crippen LogP contribution in [0.25, 0.3) is 10.9 Å². The first-order valence-electron chi connectivity index (χ1n) is 6.33. The lowest BCUT2D eigenvalue weighted by Gasteiger charge is -2.08. The van der Waals surface area contributed by atoms with Crippen molar-refractivity contribution in [2.75, 3.05) is 0 Å². The molecule has 0 amide bonds. The molecule has 0 aliphatic rings. The van der Waals surface area contributed by atoms with E-state index in [1.807, 2.05) is 30.3 Å². The minimum Gasteiger partial charge on any atom is -0.444 e. The van der Waals surface area contributed by atoms with Crippen molar-refractivity contribution in [3.63, 3.8) is 0 Å². The number of benzene rings is 2. The summed E-state index contributed by atoms with van der Waals surface area (Å²) in [7, 11) is 0. The largest absolute Gasteiger partial charge is 0.444 e. The van der Waals surface area contributed by atoms with Gasteiger partial charge in [0.25, 0.3) is 0 Å². The van der Waals surface area contributed by atoms with Gasteiger partial charge < -0.3 is 4.74 Å². The number of fused-ring (bicyclic) bond motifs is 1. The molecule has 2 aromatic carbocycles. The Bertz CT molecular complexity index is 811. The van der Waals surface area contributed by atoms with Crippen LogP contribution in [0, 0.1) is 0 Å². The molecule has 106 valence electrons. The quantitative estimate of drug-likeness (QED) is 0.655. The lowest BCUT2D eigenvalue weighted by atomic mass is 10.2. The zero-order valence-corrected chi connectivity index (χ0v) is 12.4. The van der Waals surface area contributed by atoms with Crippen LogP contribution in [0.4, 0.5) is 4.79 Å². The fraction of sp³-hybridized carbons (Fsp3) is 0.0625. The first-order valence-corrected chi connectivity index (χ1v) is 7.08. The summed E-state index contributed by atoms with van der Waals surface area (Å²) in [5, 5.41) is 1.83. The summed E-state index contributed by atoms with van der Waals surface area (Å²) >= 11 is 12.0. The maximum absolute atomic E-state index is 12.2. The lowest BCUT2D eigenvalue weighted by Crippen LogP contribution is -2.12. The maximum atomic E-state index is 12.2. The third-order valence-electron chi connectivity index (χ3n) is 3.18. The number of hydrogen-bond donors (Lipinski definition) is 0. The molecule has 0 atom stereocenters. The van der Waals surface area contributed by atoms with Crippen LogP contribution in [0.15, 0.2) is 54.7 Å². The van der Waals surface area contributed by atoms with E-state index in [-0.39, 0.29) is 6.61 Å². The number of ether oxygens (including phenoxy) is 1. The van der Waals surface area contributed by atoms with Crippen molar-refractivity contribution in [1.82, 2.24) is 4.57 Å². The van der Waals surface area contributed by atoms with Crippen molar-refractivity contribution in [2.45, 2.75) is 6.61 Å². The van der Waals surface area contributed by atoms with Crippen LogP contribution in [-0.2, 0) is 11.3 Å². The van der Waals surface area contributed by atoms with Gasteiger partial charge in [-0.3, -0.25) is 4.57 Å². The number of hydrogen-bond acceptors (Lipinski definition) is 2. The van der Waals surface area contributed by atoms with E-state index in [1.54, 1.807) is 24.4 Å². The summed E-state index contributed by atoms with van der Waals surface area (Å²) in [6.07, 6.45) is 1.24. The highest BCUT2D eigenvalue weighted by Crippen LogP contribution is 2.26. The summed E-state index contributed by atoms with van der Waals surface area (Å²) in [6, 6.07) is 14.7. The van der Waals surface area contributed by atoms with Crippen LogP contribution in [0.1, 0.15) is 5.56 Å². The summed E-state index contributed by atoms with van der Waals surface area (Å²) in [5.74, 6) is 0. The molecule has 3 aromatic rings. The van der Waals surface area contributed by atoms with Gasteiger partial charge >= 0.3 is 6.09 Å². The first-order chi connectivity index (χ1) is 10.2. The summed E-state index contributed by atoms with van der Waals surface area (Å²) in [6.45, 7) is 0.0741. The number of carbonyl (C=O) groups excluding carboxylic acids is 1. The van der Waals surface area contributed by atoms with Crippen LogP contribution < -0.4 is 0 Å². The molecule has 0 spiro atoms. The number of carbonyl (C=O) groups is 1. The van der Waals surface area contributed by atoms with E-state index in [9.17, 15) is 4.79 Å². The number of para-hydroxylation sites is 1. The summed E-state index contributed by atoms with van der Waals surface area (Å²) < 4.78 is 6.76. The Morgan fingerprint density at radius 3 is 2.71 bits per heavy atom. The van der Waals surface area contributed by atoms with Crippen LogP contribution in [0.3, 0.4) is 0 Å². The molecule has 0 saturated heterocycles. The van der Waals surface area contributed by atoms with Gasteiger partial charge in [-0.05, 0) is 18.2 Å². The molecule has 3 nitrogen and oxygen atoms in total. The van der Waals surface area contributed by atoms with Gasteiger partial charge in [-0.15, -0.1) is 0 Å². The molecule has 0 fully saturated rings. The molecule has 1 aromatic heterocycles. The predicted octanol–water partition coefficient (Wildman–Crippen LogP) is 5.13. The molecule has 0 radical (unpaired) electrons. The van der Waals surface area contributed by atoms with E-state index in [0.29, 0.717) is 15.6 Å². The average Bonchev–Trinajstić information content (AvgIpc) is 2.92. The van der Waals surface area contributed by atoms with Crippen LogP contribution in [0.5, 0.6) is 0 Å². The van der Waals surface area contributed by atoms with E-state index in [4.69, 9.17) is 27.9 Å². The predicted molar refractivity (Wildman–Crippen MR) is 84.0 cm³/mol. The highest BCUT2D eigenvalue weighted by Gasteiger charge is 2.11. The standard InChI is InChI=1S/C16H11Cl2NO2/c17-13-6-3-5-12(15(13)18)10-21-16(20)19-9-8-11-4-1-2-7-14(11)19/h1-9H,10H2. The van der Waals surface area contributed by atoms with E-state index in [1.165, 1.54) is 4.57 Å². The summed E-state index contributed by atoms with van der Waals surface area (Å²) in [4.78, 5) is 12.2. The minimum atomic E-state index is -0.452. The second-order valence-corrected chi connectivity index (χ2v) is 5.30. The average molecular weight is 320 g/mol. The molecule has 0 aliphatic carbocycles. The Hall–Kier alpha value is -1.97. The monoisotopic (exact) mass is 319 g/mol. The van der Waals surface area contributed by atoms with Crippen molar-refractivity contribution in [1.29, 1.82) is 0 Å². The van der Waals surface area contributed by atoms with Crippen molar-refractivity contribution in [3.05, 3.63) is 70.3 Å². The molecule has 21 heavy (non-hydrogen) atoms. The Balaban J connectivity index is 1.79. The van der Waals surface area contributed by atoms with Crippen LogP contribution in [0.2, 0.25) is 10.0 Å². The topological polar surface area (TPSA) is 31.2 Å². The smallest absolute Gasteiger partial charge is 0.418 e. The second-order valence-electron chi connectivity index (χ2n) is 4.51. The Kier molecular flexibility index (Phi) is 3.86. The fourth-order valence-corrected chi connectivity index (χ4v) is 2.49. The molecular formula is C16H11Cl2NO2. The molecule has 0 aliphatic heterocycles. The third-order valence-corrected chi connectivity index (χ3v) is 4.04. The van der Waals surface area contributed by atoms with E-state index >= 15 is 0 Å². The van der Waals surface area contributed by atoms with Crippen LogP contribution >= 0.6 is 23.2 Å². The van der Waals surface area contributed by atoms with Gasteiger partial charge in [-0.2, -0.15) is 0 Å². The van der Waals surface area contributed by atoms with Crippen LogP contribution in [-0.4, -0.2) is 10.7 Å². The molecule has 0 bridgehead atoms. The SMILES string of the molecule is O=C(OCc1cccc(Cl)c1Cl)n1ccc2ccccc21. The number of halogens is 2. The van der Waals surface area contributed by atoms with E-state index in [0.717, 1.165) is 10.9 Å². The van der Waals surface area contributed by atoms with Gasteiger partial charge in [-0.1, -0.05) is 53.5 Å². The molecule has 3 rings (SSSR count). The fourth-order valence-electron chi connectivity index (χ4n) is 2.11. The number of nitrogens with zero attached hydrogens (tertiary/aromatic N) is 1. The zero-order chi connectivity index (χ0) is 14.8. The molecule has 5 heteroatoms. The third kappa shape index (κ3) is 2.75. The maximum Gasteiger partial charge on any atom is 0.418 e. The van der Waals surface area contributed by atoms with Crippen molar-refractivity contribution in [3.8, 4) is 0 Å². The van der Waals surface area contributed by atoms with Gasteiger partial charge in [0.1, 0.15) is 6.61 Å². The van der Waals surface area contributed by atoms with Gasteiger partial charge in [0, 0.05) is 17.1 Å². The van der Waals surface area contributed by atoms with Crippen molar-refractivity contribution >= 4 is 40.2 Å². The van der Waals surface area contributed by atoms with E-state index in [2.05, 4.69) is 0 Å². The lowest BCUT2D eigenvalue weighted by molar-refractivity contribution is 0.142. The molecule has 0 saturated carbocycles. The highest BCUT2D eigenvalue weighted by molar-refractivity contribution is 6.42.